The lowest BCUT2D eigenvalue weighted by Crippen LogP contribution is -2.15. The Morgan fingerprint density at radius 1 is 0.750 bits per heavy atom. The molecule has 0 aliphatic rings. The molecule has 141 valence electrons. The molecule has 6 heteroatoms. The molecule has 6 nitrogen and oxygen atoms in total. The molecule has 0 bridgehead atoms. The first-order valence-corrected chi connectivity index (χ1v) is 8.66. The second kappa shape index (κ2) is 9.78. The van der Waals surface area contributed by atoms with E-state index in [1.807, 2.05) is 60.7 Å². The van der Waals surface area contributed by atoms with Gasteiger partial charge in [-0.2, -0.15) is 0 Å². The molecular weight excluding hydrogens is 356 g/mol. The van der Waals surface area contributed by atoms with Gasteiger partial charge in [-0.1, -0.05) is 66.7 Å². The molecule has 28 heavy (non-hydrogen) atoms. The van der Waals surface area contributed by atoms with Gasteiger partial charge in [0.2, 0.25) is 0 Å². The quantitative estimate of drug-likeness (QED) is 0.637. The third-order valence-corrected chi connectivity index (χ3v) is 3.71. The summed E-state index contributed by atoms with van der Waals surface area (Å²) in [4.78, 5) is 23.8. The lowest BCUT2D eigenvalue weighted by atomic mass is 10.2. The maximum atomic E-state index is 11.9. The highest BCUT2D eigenvalue weighted by Crippen LogP contribution is 2.15. The number of anilines is 2. The number of carbonyl (C=O) groups is 2. The fraction of sp³-hybridized carbons (Fsp3) is 0.0909. The molecule has 3 aromatic carbocycles. The Hall–Kier alpha value is -3.80. The molecule has 0 aromatic heterocycles. The van der Waals surface area contributed by atoms with E-state index in [1.165, 1.54) is 0 Å². The molecule has 0 heterocycles. The molecule has 0 atom stereocenters. The summed E-state index contributed by atoms with van der Waals surface area (Å²) in [5.41, 5.74) is 2.62. The van der Waals surface area contributed by atoms with E-state index in [4.69, 9.17) is 9.47 Å². The molecule has 0 aliphatic carbocycles. The van der Waals surface area contributed by atoms with E-state index in [2.05, 4.69) is 16.7 Å². The van der Waals surface area contributed by atoms with Crippen molar-refractivity contribution in [1.82, 2.24) is 0 Å². The minimum absolute atomic E-state index is 0.163. The zero-order valence-corrected chi connectivity index (χ0v) is 15.1. The van der Waals surface area contributed by atoms with Gasteiger partial charge < -0.3 is 9.47 Å². The van der Waals surface area contributed by atoms with Crippen LogP contribution < -0.4 is 10.6 Å². The average molecular weight is 375 g/mol. The van der Waals surface area contributed by atoms with Crippen LogP contribution in [0.25, 0.3) is 0 Å². The highest BCUT2D eigenvalue weighted by atomic mass is 16.6. The second-order valence-corrected chi connectivity index (χ2v) is 5.86. The predicted molar refractivity (Wildman–Crippen MR) is 106 cm³/mol. The molecule has 0 aliphatic heterocycles. The van der Waals surface area contributed by atoms with Crippen LogP contribution in [0.5, 0.6) is 0 Å². The molecule has 2 N–H and O–H groups in total. The first-order valence-electron chi connectivity index (χ1n) is 8.66. The fourth-order valence-corrected chi connectivity index (χ4v) is 2.36. The number of hydrogen-bond acceptors (Lipinski definition) is 4. The molecule has 0 saturated heterocycles. The monoisotopic (exact) mass is 375 g/mol. The van der Waals surface area contributed by atoms with E-state index >= 15 is 0 Å². The van der Waals surface area contributed by atoms with E-state index in [0.29, 0.717) is 11.4 Å². The largest absolute Gasteiger partial charge is 0.444 e. The number of rotatable bonds is 6. The summed E-state index contributed by atoms with van der Waals surface area (Å²) in [6.45, 7) is 0.332. The van der Waals surface area contributed by atoms with Crippen molar-refractivity contribution in [3.8, 4) is 0 Å². The number of nitrogens with one attached hydrogen (secondary N) is 2. The third kappa shape index (κ3) is 6.17. The van der Waals surface area contributed by atoms with Gasteiger partial charge >= 0.3 is 12.2 Å². The Balaban J connectivity index is 1.47. The van der Waals surface area contributed by atoms with Crippen LogP contribution in [0, 0.1) is 6.07 Å². The van der Waals surface area contributed by atoms with Gasteiger partial charge in [0.25, 0.3) is 0 Å². The number of benzene rings is 3. The molecular formula is C22H19N2O4. The predicted octanol–water partition coefficient (Wildman–Crippen LogP) is 4.98. The van der Waals surface area contributed by atoms with Crippen molar-refractivity contribution < 1.29 is 19.1 Å². The van der Waals surface area contributed by atoms with Crippen molar-refractivity contribution in [2.75, 3.05) is 10.6 Å². The van der Waals surface area contributed by atoms with E-state index in [1.54, 1.807) is 18.2 Å². The van der Waals surface area contributed by atoms with E-state index < -0.39 is 12.2 Å². The Kier molecular flexibility index (Phi) is 6.62. The molecule has 2 amide bonds. The van der Waals surface area contributed by atoms with Crippen LogP contribution in [0.15, 0.2) is 78.9 Å². The number of carbonyl (C=O) groups excluding carboxylic acids is 2. The minimum Gasteiger partial charge on any atom is -0.444 e. The number of amides is 2. The Morgan fingerprint density at radius 2 is 1.29 bits per heavy atom. The maximum Gasteiger partial charge on any atom is 0.411 e. The van der Waals surface area contributed by atoms with Crippen LogP contribution >= 0.6 is 0 Å². The molecule has 1 radical (unpaired) electrons. The number of hydrogen-bond donors (Lipinski definition) is 2. The van der Waals surface area contributed by atoms with Crippen LogP contribution in [0.4, 0.5) is 21.0 Å². The standard InChI is InChI=1S/C22H19N2O4/c25-21(27-15-17-8-3-1-4-9-17)23-19-12-7-13-20(14-19)24-22(26)28-16-18-10-5-2-6-11-18/h1-12,14H,15-16H2,(H,23,25)(H,24,26). The molecule has 3 aromatic rings. The zero-order valence-electron chi connectivity index (χ0n) is 15.1. The topological polar surface area (TPSA) is 76.7 Å². The van der Waals surface area contributed by atoms with Gasteiger partial charge in [0.15, 0.2) is 0 Å². The lowest BCUT2D eigenvalue weighted by Gasteiger charge is -2.10. The summed E-state index contributed by atoms with van der Waals surface area (Å²) < 4.78 is 10.3. The minimum atomic E-state index is -0.607. The van der Waals surface area contributed by atoms with E-state index in [0.717, 1.165) is 11.1 Å². The van der Waals surface area contributed by atoms with Gasteiger partial charge in [-0.25, -0.2) is 9.59 Å². The average Bonchev–Trinajstić information content (AvgIpc) is 2.72. The van der Waals surface area contributed by atoms with Crippen LogP contribution in [0.1, 0.15) is 11.1 Å². The highest BCUT2D eigenvalue weighted by molar-refractivity contribution is 5.88. The smallest absolute Gasteiger partial charge is 0.411 e. The molecule has 0 saturated carbocycles. The van der Waals surface area contributed by atoms with Crippen LogP contribution in [0.3, 0.4) is 0 Å². The van der Waals surface area contributed by atoms with Crippen molar-refractivity contribution in [2.45, 2.75) is 13.2 Å². The van der Waals surface area contributed by atoms with Gasteiger partial charge in [-0.05, 0) is 23.3 Å². The molecule has 0 spiro atoms. The summed E-state index contributed by atoms with van der Waals surface area (Å²) >= 11 is 0. The summed E-state index contributed by atoms with van der Waals surface area (Å²) in [7, 11) is 0. The summed E-state index contributed by atoms with van der Waals surface area (Å²) in [6, 6.07) is 26.4. The lowest BCUT2D eigenvalue weighted by molar-refractivity contribution is 0.154. The maximum absolute atomic E-state index is 11.9. The first kappa shape index (κ1) is 19.0. The Bertz CT molecular complexity index is 841. The van der Waals surface area contributed by atoms with Gasteiger partial charge in [0.05, 0.1) is 5.69 Å². The van der Waals surface area contributed by atoms with Crippen molar-refractivity contribution >= 4 is 23.6 Å². The third-order valence-electron chi connectivity index (χ3n) is 3.71. The molecule has 0 fully saturated rings. The molecule has 0 unspecified atom stereocenters. The van der Waals surface area contributed by atoms with E-state index in [-0.39, 0.29) is 13.2 Å². The zero-order chi connectivity index (χ0) is 19.6. The van der Waals surface area contributed by atoms with Gasteiger partial charge in [-0.3, -0.25) is 10.6 Å². The van der Waals surface area contributed by atoms with Crippen LogP contribution in [-0.4, -0.2) is 12.2 Å². The first-order chi connectivity index (χ1) is 13.7. The SMILES string of the molecule is O=C(Nc1[c]ccc(NC(=O)OCc2ccccc2)c1)OCc1ccccc1. The van der Waals surface area contributed by atoms with Crippen LogP contribution in [0.2, 0.25) is 0 Å². The van der Waals surface area contributed by atoms with Crippen molar-refractivity contribution in [1.29, 1.82) is 0 Å². The van der Waals surface area contributed by atoms with Gasteiger partial charge in [0, 0.05) is 11.8 Å². The second-order valence-electron chi connectivity index (χ2n) is 5.86. The van der Waals surface area contributed by atoms with Crippen LogP contribution in [-0.2, 0) is 22.7 Å². The Labute approximate surface area is 163 Å². The molecule has 3 rings (SSSR count). The summed E-state index contributed by atoms with van der Waals surface area (Å²) in [5.74, 6) is 0. The fourth-order valence-electron chi connectivity index (χ4n) is 2.36. The van der Waals surface area contributed by atoms with Crippen molar-refractivity contribution in [3.63, 3.8) is 0 Å². The normalized spacial score (nSPS) is 10.0. The summed E-state index contributed by atoms with van der Waals surface area (Å²) in [5, 5.41) is 5.19. The number of ether oxygens (including phenoxy) is 2. The van der Waals surface area contributed by atoms with Gasteiger partial charge in [0.1, 0.15) is 13.2 Å². The van der Waals surface area contributed by atoms with Gasteiger partial charge in [-0.15, -0.1) is 0 Å². The Morgan fingerprint density at radius 3 is 1.86 bits per heavy atom. The van der Waals surface area contributed by atoms with Crippen molar-refractivity contribution in [3.05, 3.63) is 96.1 Å². The summed E-state index contributed by atoms with van der Waals surface area (Å²) in [6.07, 6.45) is -1.20. The highest BCUT2D eigenvalue weighted by Gasteiger charge is 2.07. The van der Waals surface area contributed by atoms with Crippen molar-refractivity contribution in [2.24, 2.45) is 0 Å². The van der Waals surface area contributed by atoms with E-state index in [9.17, 15) is 9.59 Å².